The average Bonchev–Trinajstić information content (AvgIpc) is 3.05. The van der Waals surface area contributed by atoms with Crippen molar-refractivity contribution in [1.29, 1.82) is 0 Å². The highest BCUT2D eigenvalue weighted by atomic mass is 32.1. The Morgan fingerprint density at radius 2 is 2.18 bits per heavy atom. The Morgan fingerprint density at radius 1 is 1.43 bits per heavy atom. The Balaban J connectivity index is 1.84. The van der Waals surface area contributed by atoms with Gasteiger partial charge in [-0.3, -0.25) is 9.59 Å². The number of nitrogens with zero attached hydrogens (tertiary/aromatic N) is 1. The molecule has 0 fully saturated rings. The van der Waals surface area contributed by atoms with Crippen LogP contribution in [0.1, 0.15) is 35.0 Å². The maximum atomic E-state index is 12.8. The molecule has 0 saturated heterocycles. The Labute approximate surface area is 164 Å². The van der Waals surface area contributed by atoms with Crippen LogP contribution in [-0.4, -0.2) is 39.8 Å². The van der Waals surface area contributed by atoms with Crippen molar-refractivity contribution in [2.24, 2.45) is 0 Å². The Hall–Kier alpha value is -2.98. The number of allylic oxidation sites excluding steroid dienone is 1. The second-order valence-electron chi connectivity index (χ2n) is 6.42. The normalized spacial score (nSPS) is 16.3. The van der Waals surface area contributed by atoms with Crippen molar-refractivity contribution in [1.82, 2.24) is 4.98 Å². The van der Waals surface area contributed by atoms with Crippen molar-refractivity contribution in [2.75, 3.05) is 5.73 Å². The Morgan fingerprint density at radius 3 is 2.79 bits per heavy atom. The van der Waals surface area contributed by atoms with E-state index in [-0.39, 0.29) is 28.6 Å². The number of carboxylic acid groups (broad SMARTS) is 1. The van der Waals surface area contributed by atoms with Crippen LogP contribution < -0.4 is 10.4 Å². The Bertz CT molecular complexity index is 986. The second kappa shape index (κ2) is 7.95. The van der Waals surface area contributed by atoms with Gasteiger partial charge in [-0.2, -0.15) is 0 Å². The van der Waals surface area contributed by atoms with Gasteiger partial charge in [0, 0.05) is 23.7 Å². The molecule has 2 aromatic rings. The summed E-state index contributed by atoms with van der Waals surface area (Å²) in [6, 6.07) is 5.09. The lowest BCUT2D eigenvalue weighted by Gasteiger charge is -2.28. The first-order valence-corrected chi connectivity index (χ1v) is 9.31. The molecule has 0 aliphatic carbocycles. The number of ketones is 2. The highest BCUT2D eigenvalue weighted by Crippen LogP contribution is 2.37. The molecule has 28 heavy (non-hydrogen) atoms. The summed E-state index contributed by atoms with van der Waals surface area (Å²) in [5.74, 6) is -2.25. The van der Waals surface area contributed by atoms with Gasteiger partial charge < -0.3 is 20.5 Å². The summed E-state index contributed by atoms with van der Waals surface area (Å²) in [4.78, 5) is 39.6. The molecule has 0 saturated carbocycles. The van der Waals surface area contributed by atoms with Crippen molar-refractivity contribution in [2.45, 2.75) is 25.6 Å². The number of para-hydroxylation sites is 1. The van der Waals surface area contributed by atoms with Gasteiger partial charge in [-0.1, -0.05) is 12.1 Å². The van der Waals surface area contributed by atoms with E-state index in [1.54, 1.807) is 18.2 Å². The lowest BCUT2D eigenvalue weighted by atomic mass is 9.64. The summed E-state index contributed by atoms with van der Waals surface area (Å²) in [6.45, 7) is 1.41. The number of benzene rings is 1. The van der Waals surface area contributed by atoms with E-state index >= 15 is 0 Å². The molecule has 4 N–H and O–H groups in total. The number of nitrogen functional groups attached to an aromatic ring is 1. The first kappa shape index (κ1) is 19.8. The molecule has 2 heterocycles. The number of carbonyl (C=O) groups is 3. The molecule has 0 radical (unpaired) electrons. The van der Waals surface area contributed by atoms with E-state index in [1.165, 1.54) is 12.3 Å². The van der Waals surface area contributed by atoms with Crippen LogP contribution in [-0.2, 0) is 16.0 Å². The standard InChI is InChI=1S/C18H17BN2O6S/c1-9(22)12-4-2-3-10-5-11(19(26)27-17(10)12)6-15(23)13(7-16(24)25)14-8-28-18(20)21-14/h2-4,7-8,11,26H,5-6H2,1H3,(H2,20,21)(H,24,25)/b13-7+/t11-/m1/s1. The fourth-order valence-corrected chi connectivity index (χ4v) is 3.68. The second-order valence-corrected chi connectivity index (χ2v) is 7.31. The fraction of sp³-hybridized carbons (Fsp3) is 0.222. The van der Waals surface area contributed by atoms with Gasteiger partial charge in [0.25, 0.3) is 0 Å². The minimum atomic E-state index is -1.30. The number of anilines is 1. The summed E-state index contributed by atoms with van der Waals surface area (Å²) < 4.78 is 5.52. The molecule has 0 unspecified atom stereocenters. The van der Waals surface area contributed by atoms with E-state index in [0.29, 0.717) is 23.3 Å². The van der Waals surface area contributed by atoms with Gasteiger partial charge in [-0.05, 0) is 25.0 Å². The summed E-state index contributed by atoms with van der Waals surface area (Å²) in [5.41, 5.74) is 6.75. The smallest absolute Gasteiger partial charge is 0.526 e. The lowest BCUT2D eigenvalue weighted by Crippen LogP contribution is -2.35. The molecule has 0 amide bonds. The zero-order chi connectivity index (χ0) is 20.4. The van der Waals surface area contributed by atoms with E-state index in [1.807, 2.05) is 0 Å². The van der Waals surface area contributed by atoms with Crippen molar-refractivity contribution >= 4 is 46.7 Å². The maximum Gasteiger partial charge on any atom is 0.526 e. The van der Waals surface area contributed by atoms with Crippen molar-refractivity contribution in [3.8, 4) is 5.75 Å². The van der Waals surface area contributed by atoms with Gasteiger partial charge in [-0.15, -0.1) is 11.3 Å². The van der Waals surface area contributed by atoms with Gasteiger partial charge >= 0.3 is 13.1 Å². The number of hydrogen-bond acceptors (Lipinski definition) is 8. The fourth-order valence-electron chi connectivity index (χ4n) is 3.12. The molecule has 1 aliphatic heterocycles. The number of aliphatic carboxylic acids is 1. The van der Waals surface area contributed by atoms with Crippen LogP contribution in [0.5, 0.6) is 5.75 Å². The van der Waals surface area contributed by atoms with Crippen molar-refractivity contribution in [3.05, 3.63) is 46.5 Å². The van der Waals surface area contributed by atoms with Gasteiger partial charge in [0.2, 0.25) is 0 Å². The number of nitrogens with two attached hydrogens (primary N) is 1. The lowest BCUT2D eigenvalue weighted by molar-refractivity contribution is -0.131. The van der Waals surface area contributed by atoms with E-state index in [0.717, 1.165) is 17.4 Å². The predicted octanol–water partition coefficient (Wildman–Crippen LogP) is 1.84. The predicted molar refractivity (Wildman–Crippen MR) is 104 cm³/mol. The number of hydrogen-bond donors (Lipinski definition) is 3. The molecule has 1 aromatic carbocycles. The van der Waals surface area contributed by atoms with Crippen LogP contribution in [0.2, 0.25) is 5.82 Å². The minimum absolute atomic E-state index is 0.0871. The summed E-state index contributed by atoms with van der Waals surface area (Å²) >= 11 is 1.09. The highest BCUT2D eigenvalue weighted by Gasteiger charge is 2.38. The van der Waals surface area contributed by atoms with Crippen LogP contribution in [0, 0.1) is 0 Å². The zero-order valence-corrected chi connectivity index (χ0v) is 15.7. The Kier molecular flexibility index (Phi) is 5.62. The SMILES string of the molecule is CC(=O)c1cccc2c1OB(O)[C@@H](CC(=O)/C(=C/C(=O)O)c1csc(N)n1)C2. The van der Waals surface area contributed by atoms with Crippen LogP contribution in [0.15, 0.2) is 29.7 Å². The van der Waals surface area contributed by atoms with Crippen molar-refractivity contribution in [3.63, 3.8) is 0 Å². The summed E-state index contributed by atoms with van der Waals surface area (Å²) in [5, 5.41) is 21.2. The number of carboxylic acids is 1. The molecule has 3 rings (SSSR count). The molecule has 10 heteroatoms. The summed E-state index contributed by atoms with van der Waals surface area (Å²) in [7, 11) is -1.30. The van der Waals surface area contributed by atoms with Gasteiger partial charge in [0.05, 0.1) is 16.8 Å². The molecule has 0 bridgehead atoms. The third kappa shape index (κ3) is 4.13. The monoisotopic (exact) mass is 400 g/mol. The number of aromatic nitrogens is 1. The number of rotatable bonds is 6. The first-order chi connectivity index (χ1) is 13.3. The van der Waals surface area contributed by atoms with E-state index in [9.17, 15) is 19.4 Å². The van der Waals surface area contributed by atoms with Gasteiger partial charge in [0.15, 0.2) is 16.7 Å². The van der Waals surface area contributed by atoms with Crippen LogP contribution in [0.4, 0.5) is 5.13 Å². The van der Waals surface area contributed by atoms with E-state index in [4.69, 9.17) is 15.5 Å². The molecule has 1 atom stereocenters. The highest BCUT2D eigenvalue weighted by molar-refractivity contribution is 7.13. The summed E-state index contributed by atoms with van der Waals surface area (Å²) in [6.07, 6.45) is 0.944. The number of fused-ring (bicyclic) bond motifs is 1. The number of thiazole rings is 1. The molecule has 144 valence electrons. The molecule has 8 nitrogen and oxygen atoms in total. The van der Waals surface area contributed by atoms with Gasteiger partial charge in [-0.25, -0.2) is 9.78 Å². The topological polar surface area (TPSA) is 140 Å². The largest absolute Gasteiger partial charge is 0.535 e. The van der Waals surface area contributed by atoms with Gasteiger partial charge in [0.1, 0.15) is 5.75 Å². The van der Waals surface area contributed by atoms with Crippen LogP contribution in [0.3, 0.4) is 0 Å². The van der Waals surface area contributed by atoms with E-state index in [2.05, 4.69) is 4.98 Å². The zero-order valence-electron chi connectivity index (χ0n) is 14.9. The molecule has 1 aromatic heterocycles. The molecular formula is C18H17BN2O6S. The molecular weight excluding hydrogens is 383 g/mol. The maximum absolute atomic E-state index is 12.8. The third-order valence-electron chi connectivity index (χ3n) is 4.41. The minimum Gasteiger partial charge on any atom is -0.535 e. The number of carbonyl (C=O) groups excluding carboxylic acids is 2. The first-order valence-electron chi connectivity index (χ1n) is 8.43. The third-order valence-corrected chi connectivity index (χ3v) is 5.09. The van der Waals surface area contributed by atoms with Crippen molar-refractivity contribution < 1.29 is 29.2 Å². The molecule has 1 aliphatic rings. The average molecular weight is 400 g/mol. The number of Topliss-reactive ketones (excluding diaryl/α,β-unsaturated/α-hetero) is 2. The van der Waals surface area contributed by atoms with Crippen LogP contribution >= 0.6 is 11.3 Å². The molecule has 0 spiro atoms. The quantitative estimate of drug-likeness (QED) is 0.379. The van der Waals surface area contributed by atoms with Crippen LogP contribution in [0.25, 0.3) is 5.57 Å². The van der Waals surface area contributed by atoms with E-state index < -0.39 is 24.7 Å².